The van der Waals surface area contributed by atoms with E-state index in [1.165, 1.54) is 40.3 Å². The van der Waals surface area contributed by atoms with Gasteiger partial charge in [0.25, 0.3) is 5.91 Å². The van der Waals surface area contributed by atoms with E-state index in [9.17, 15) is 17.6 Å². The molecule has 5 aromatic rings. The first kappa shape index (κ1) is 24.0. The maximum atomic E-state index is 13.8. The minimum Gasteiger partial charge on any atom is -0.381 e. The standard InChI is InChI=1S/C25H20FN7O3S/c1-37(35,36)24-22(5-3-9-29-24)32(14-16-6-7-17-11-20(26)23(27)31-21(17)10-16)25(34)18-12-30-33(15-18)19-4-2-8-28-13-19/h2-13,15H,14H2,1H3,(H2,27,31). The zero-order valence-electron chi connectivity index (χ0n) is 19.5. The molecule has 10 nitrogen and oxygen atoms in total. The Morgan fingerprint density at radius 2 is 1.92 bits per heavy atom. The maximum Gasteiger partial charge on any atom is 0.261 e. The first-order chi connectivity index (χ1) is 17.7. The Balaban J connectivity index is 1.59. The Hall–Kier alpha value is -4.71. The summed E-state index contributed by atoms with van der Waals surface area (Å²) in [5.41, 5.74) is 7.65. The van der Waals surface area contributed by atoms with Gasteiger partial charge in [0.15, 0.2) is 26.5 Å². The van der Waals surface area contributed by atoms with Crippen LogP contribution < -0.4 is 10.6 Å². The van der Waals surface area contributed by atoms with Gasteiger partial charge in [-0.1, -0.05) is 12.1 Å². The van der Waals surface area contributed by atoms with Crippen molar-refractivity contribution in [2.75, 3.05) is 16.9 Å². The van der Waals surface area contributed by atoms with Gasteiger partial charge in [0, 0.05) is 30.2 Å². The molecule has 5 rings (SSSR count). The van der Waals surface area contributed by atoms with E-state index in [0.717, 1.165) is 6.26 Å². The van der Waals surface area contributed by atoms with Gasteiger partial charge >= 0.3 is 0 Å². The second-order valence-electron chi connectivity index (χ2n) is 8.26. The Morgan fingerprint density at radius 1 is 1.11 bits per heavy atom. The number of pyridine rings is 3. The summed E-state index contributed by atoms with van der Waals surface area (Å²) in [4.78, 5) is 27.3. The van der Waals surface area contributed by atoms with E-state index in [4.69, 9.17) is 5.73 Å². The Labute approximate surface area is 211 Å². The van der Waals surface area contributed by atoms with Crippen molar-refractivity contribution in [2.24, 2.45) is 0 Å². The fourth-order valence-electron chi connectivity index (χ4n) is 3.84. The normalized spacial score (nSPS) is 11.5. The van der Waals surface area contributed by atoms with E-state index >= 15 is 0 Å². The Bertz CT molecular complexity index is 1740. The number of fused-ring (bicyclic) bond motifs is 1. The van der Waals surface area contributed by atoms with Crippen LogP contribution in [-0.2, 0) is 16.4 Å². The maximum absolute atomic E-state index is 13.8. The largest absolute Gasteiger partial charge is 0.381 e. The third-order valence-corrected chi connectivity index (χ3v) is 6.60. The van der Waals surface area contributed by atoms with Crippen LogP contribution in [0.25, 0.3) is 16.6 Å². The summed E-state index contributed by atoms with van der Waals surface area (Å²) in [5, 5.41) is 4.55. The van der Waals surface area contributed by atoms with Crippen molar-refractivity contribution in [3.8, 4) is 5.69 Å². The lowest BCUT2D eigenvalue weighted by atomic mass is 10.1. The average molecular weight is 518 g/mol. The van der Waals surface area contributed by atoms with Gasteiger partial charge in [-0.2, -0.15) is 5.10 Å². The van der Waals surface area contributed by atoms with Gasteiger partial charge in [-0.25, -0.2) is 27.5 Å². The summed E-state index contributed by atoms with van der Waals surface area (Å²) in [6.45, 7) is -0.0278. The third kappa shape index (κ3) is 4.86. The van der Waals surface area contributed by atoms with Crippen molar-refractivity contribution in [2.45, 2.75) is 11.6 Å². The van der Waals surface area contributed by atoms with Gasteiger partial charge in [-0.05, 0) is 42.0 Å². The highest BCUT2D eigenvalue weighted by molar-refractivity contribution is 7.90. The molecule has 0 fully saturated rings. The third-order valence-electron chi connectivity index (χ3n) is 5.58. The molecule has 2 N–H and O–H groups in total. The van der Waals surface area contributed by atoms with Gasteiger partial charge in [0.05, 0.1) is 41.4 Å². The summed E-state index contributed by atoms with van der Waals surface area (Å²) >= 11 is 0. The summed E-state index contributed by atoms with van der Waals surface area (Å²) in [5.74, 6) is -1.37. The highest BCUT2D eigenvalue weighted by Gasteiger charge is 2.26. The molecule has 186 valence electrons. The summed E-state index contributed by atoms with van der Waals surface area (Å²) in [6.07, 6.45) is 8.52. The quantitative estimate of drug-likeness (QED) is 0.363. The van der Waals surface area contributed by atoms with E-state index in [2.05, 4.69) is 20.1 Å². The van der Waals surface area contributed by atoms with Crippen LogP contribution in [-0.4, -0.2) is 45.3 Å². The molecule has 0 aliphatic rings. The molecule has 12 heteroatoms. The molecule has 0 aliphatic heterocycles. The highest BCUT2D eigenvalue weighted by atomic mass is 32.2. The average Bonchev–Trinajstić information content (AvgIpc) is 3.38. The van der Waals surface area contributed by atoms with Gasteiger partial charge in [-0.15, -0.1) is 0 Å². The van der Waals surface area contributed by atoms with Gasteiger partial charge in [-0.3, -0.25) is 9.78 Å². The number of anilines is 2. The van der Waals surface area contributed by atoms with Crippen LogP contribution in [0, 0.1) is 5.82 Å². The van der Waals surface area contributed by atoms with E-state index in [1.54, 1.807) is 48.8 Å². The van der Waals surface area contributed by atoms with Crippen molar-refractivity contribution in [3.63, 3.8) is 0 Å². The molecule has 0 unspecified atom stereocenters. The predicted molar refractivity (Wildman–Crippen MR) is 135 cm³/mol. The second-order valence-corrected chi connectivity index (χ2v) is 10.2. The lowest BCUT2D eigenvalue weighted by molar-refractivity contribution is 0.0984. The summed E-state index contributed by atoms with van der Waals surface area (Å²) in [6, 6.07) is 12.9. The number of halogens is 1. The molecule has 0 aliphatic carbocycles. The van der Waals surface area contributed by atoms with Gasteiger partial charge < -0.3 is 10.6 Å². The molecular formula is C25H20FN7O3S. The number of nitrogen functional groups attached to an aromatic ring is 1. The number of carbonyl (C=O) groups excluding carboxylic acids is 1. The van der Waals surface area contributed by atoms with Crippen LogP contribution >= 0.6 is 0 Å². The van der Waals surface area contributed by atoms with E-state index in [-0.39, 0.29) is 28.6 Å². The minimum absolute atomic E-state index is 0.0278. The fraction of sp³-hybridized carbons (Fsp3) is 0.0800. The van der Waals surface area contributed by atoms with Crippen LogP contribution in [0.15, 0.2) is 84.5 Å². The molecule has 37 heavy (non-hydrogen) atoms. The molecular weight excluding hydrogens is 497 g/mol. The number of aromatic nitrogens is 5. The first-order valence-electron chi connectivity index (χ1n) is 11.0. The molecule has 0 saturated heterocycles. The second kappa shape index (κ2) is 9.39. The van der Waals surface area contributed by atoms with Crippen molar-refractivity contribution in [1.82, 2.24) is 24.7 Å². The monoisotopic (exact) mass is 517 g/mol. The zero-order chi connectivity index (χ0) is 26.2. The SMILES string of the molecule is CS(=O)(=O)c1ncccc1N(Cc1ccc2cc(F)c(N)nc2c1)C(=O)c1cnn(-c2cccnc2)c1. The van der Waals surface area contributed by atoms with Gasteiger partial charge in [0.1, 0.15) is 0 Å². The number of nitrogens with zero attached hydrogens (tertiary/aromatic N) is 6. The van der Waals surface area contributed by atoms with Crippen LogP contribution in [0.3, 0.4) is 0 Å². The van der Waals surface area contributed by atoms with Crippen LogP contribution in [0.1, 0.15) is 15.9 Å². The summed E-state index contributed by atoms with van der Waals surface area (Å²) in [7, 11) is -3.77. The minimum atomic E-state index is -3.77. The number of sulfone groups is 1. The Morgan fingerprint density at radius 3 is 2.68 bits per heavy atom. The zero-order valence-corrected chi connectivity index (χ0v) is 20.3. The number of hydrogen-bond donors (Lipinski definition) is 1. The number of carbonyl (C=O) groups is 1. The van der Waals surface area contributed by atoms with Crippen molar-refractivity contribution >= 4 is 38.2 Å². The molecule has 0 bridgehead atoms. The van der Waals surface area contributed by atoms with Crippen molar-refractivity contribution in [1.29, 1.82) is 0 Å². The van der Waals surface area contributed by atoms with E-state index in [0.29, 0.717) is 22.2 Å². The van der Waals surface area contributed by atoms with Crippen LogP contribution in [0.5, 0.6) is 0 Å². The molecule has 1 aromatic carbocycles. The Kier molecular flexibility index (Phi) is 6.09. The van der Waals surface area contributed by atoms with Crippen molar-refractivity contribution < 1.29 is 17.6 Å². The number of hydrogen-bond acceptors (Lipinski definition) is 8. The molecule has 4 heterocycles. The number of amides is 1. The first-order valence-corrected chi connectivity index (χ1v) is 12.9. The molecule has 0 spiro atoms. The number of benzene rings is 1. The molecule has 0 radical (unpaired) electrons. The number of nitrogens with two attached hydrogens (primary N) is 1. The lowest BCUT2D eigenvalue weighted by Gasteiger charge is -2.24. The van der Waals surface area contributed by atoms with E-state index in [1.807, 2.05) is 0 Å². The van der Waals surface area contributed by atoms with Crippen molar-refractivity contribution in [3.05, 3.63) is 96.5 Å². The van der Waals surface area contributed by atoms with E-state index < -0.39 is 21.6 Å². The molecule has 4 aromatic heterocycles. The summed E-state index contributed by atoms with van der Waals surface area (Å²) < 4.78 is 40.4. The number of rotatable bonds is 6. The molecule has 0 atom stereocenters. The highest BCUT2D eigenvalue weighted by Crippen LogP contribution is 2.28. The molecule has 0 saturated carbocycles. The van der Waals surface area contributed by atoms with Crippen LogP contribution in [0.2, 0.25) is 0 Å². The predicted octanol–water partition coefficient (Wildman–Crippen LogP) is 3.18. The van der Waals surface area contributed by atoms with Crippen LogP contribution in [0.4, 0.5) is 15.9 Å². The fourth-order valence-corrected chi connectivity index (χ4v) is 4.65. The van der Waals surface area contributed by atoms with Gasteiger partial charge in [0.2, 0.25) is 0 Å². The molecule has 1 amide bonds. The lowest BCUT2D eigenvalue weighted by Crippen LogP contribution is -2.31. The topological polar surface area (TPSA) is 137 Å². The smallest absolute Gasteiger partial charge is 0.261 e.